The highest BCUT2D eigenvalue weighted by Crippen LogP contribution is 2.28. The van der Waals surface area contributed by atoms with E-state index in [0.717, 1.165) is 48.2 Å². The van der Waals surface area contributed by atoms with E-state index >= 15 is 0 Å². The molecular weight excluding hydrogens is 581 g/mol. The van der Waals surface area contributed by atoms with Gasteiger partial charge in [0.05, 0.1) is 11.9 Å². The summed E-state index contributed by atoms with van der Waals surface area (Å²) < 4.78 is 26.7. The molecule has 0 saturated heterocycles. The number of halogens is 2. The highest BCUT2D eigenvalue weighted by Gasteiger charge is 2.34. The van der Waals surface area contributed by atoms with Gasteiger partial charge in [0.1, 0.15) is 12.6 Å². The first-order valence-electron chi connectivity index (χ1n) is 13.7. The van der Waals surface area contributed by atoms with E-state index in [1.165, 1.54) is 4.90 Å². The van der Waals surface area contributed by atoms with Crippen molar-refractivity contribution in [3.8, 4) is 0 Å². The molecule has 3 aromatic rings. The van der Waals surface area contributed by atoms with Gasteiger partial charge in [0.2, 0.25) is 21.8 Å². The van der Waals surface area contributed by atoms with Crippen LogP contribution in [-0.4, -0.2) is 50.0 Å². The number of nitrogens with one attached hydrogen (secondary N) is 1. The molecular formula is C31H35Cl2N3O4S. The third kappa shape index (κ3) is 8.47. The molecule has 7 nitrogen and oxygen atoms in total. The molecule has 1 saturated carbocycles. The number of amides is 2. The van der Waals surface area contributed by atoms with Crippen LogP contribution in [0.15, 0.2) is 78.9 Å². The number of carbonyl (C=O) groups is 2. The molecule has 218 valence electrons. The summed E-state index contributed by atoms with van der Waals surface area (Å²) in [5.74, 6) is -0.835. The quantitative estimate of drug-likeness (QED) is 0.293. The van der Waals surface area contributed by atoms with E-state index < -0.39 is 28.5 Å². The van der Waals surface area contributed by atoms with Crippen LogP contribution in [0.1, 0.15) is 43.2 Å². The van der Waals surface area contributed by atoms with E-state index in [0.29, 0.717) is 21.3 Å². The SMILES string of the molecule is CS(=O)(=O)N(CC(=O)N(Cc1c(Cl)cccc1Cl)[C@@H](Cc1ccccc1)C(=O)NC1CCCCC1)c1ccccc1. The van der Waals surface area contributed by atoms with Gasteiger partial charge in [0.15, 0.2) is 0 Å². The van der Waals surface area contributed by atoms with Crippen LogP contribution >= 0.6 is 23.2 Å². The molecule has 1 N–H and O–H groups in total. The first-order valence-corrected chi connectivity index (χ1v) is 16.3. The summed E-state index contributed by atoms with van der Waals surface area (Å²) >= 11 is 13.0. The van der Waals surface area contributed by atoms with Crippen LogP contribution in [0.4, 0.5) is 5.69 Å². The summed E-state index contributed by atoms with van der Waals surface area (Å²) in [6.45, 7) is -0.563. The van der Waals surface area contributed by atoms with Gasteiger partial charge in [-0.3, -0.25) is 13.9 Å². The van der Waals surface area contributed by atoms with Crippen molar-refractivity contribution in [2.45, 2.75) is 57.2 Å². The number of hydrogen-bond acceptors (Lipinski definition) is 4. The van der Waals surface area contributed by atoms with Crippen molar-refractivity contribution < 1.29 is 18.0 Å². The Bertz CT molecular complexity index is 1410. The average Bonchev–Trinajstić information content (AvgIpc) is 2.95. The molecule has 0 heterocycles. The van der Waals surface area contributed by atoms with Crippen molar-refractivity contribution >= 4 is 50.7 Å². The van der Waals surface area contributed by atoms with E-state index in [1.54, 1.807) is 48.5 Å². The van der Waals surface area contributed by atoms with Crippen LogP contribution in [0.25, 0.3) is 0 Å². The van der Waals surface area contributed by atoms with Crippen molar-refractivity contribution in [2.24, 2.45) is 0 Å². The summed E-state index contributed by atoms with van der Waals surface area (Å²) in [5.41, 5.74) is 1.70. The van der Waals surface area contributed by atoms with E-state index in [1.807, 2.05) is 30.3 Å². The van der Waals surface area contributed by atoms with E-state index in [2.05, 4.69) is 5.32 Å². The van der Waals surface area contributed by atoms with Gasteiger partial charge < -0.3 is 10.2 Å². The second-order valence-electron chi connectivity index (χ2n) is 10.4. The predicted molar refractivity (Wildman–Crippen MR) is 165 cm³/mol. The van der Waals surface area contributed by atoms with Crippen LogP contribution < -0.4 is 9.62 Å². The number of benzene rings is 3. The maximum atomic E-state index is 14.2. The van der Waals surface area contributed by atoms with Crippen LogP contribution in [0.3, 0.4) is 0 Å². The maximum absolute atomic E-state index is 14.2. The van der Waals surface area contributed by atoms with Crippen LogP contribution in [0, 0.1) is 0 Å². The summed E-state index contributed by atoms with van der Waals surface area (Å²) in [4.78, 5) is 29.6. The second kappa shape index (κ2) is 14.2. The molecule has 2 amide bonds. The molecule has 0 spiro atoms. The lowest BCUT2D eigenvalue weighted by Crippen LogP contribution is -2.55. The Morgan fingerprint density at radius 3 is 2.05 bits per heavy atom. The maximum Gasteiger partial charge on any atom is 0.244 e. The van der Waals surface area contributed by atoms with Gasteiger partial charge in [-0.05, 0) is 42.7 Å². The zero-order valence-corrected chi connectivity index (χ0v) is 25.3. The Hall–Kier alpha value is -3.07. The molecule has 0 bridgehead atoms. The molecule has 4 rings (SSSR count). The molecule has 0 aliphatic heterocycles. The number of anilines is 1. The van der Waals surface area contributed by atoms with Gasteiger partial charge in [0, 0.05) is 34.6 Å². The minimum atomic E-state index is -3.83. The van der Waals surface area contributed by atoms with E-state index in [4.69, 9.17) is 23.2 Å². The monoisotopic (exact) mass is 615 g/mol. The van der Waals surface area contributed by atoms with Crippen molar-refractivity contribution in [1.82, 2.24) is 10.2 Å². The Kier molecular flexibility index (Phi) is 10.7. The Labute approximate surface area is 252 Å². The first-order chi connectivity index (χ1) is 19.6. The zero-order chi connectivity index (χ0) is 29.4. The highest BCUT2D eigenvalue weighted by atomic mass is 35.5. The third-order valence-electron chi connectivity index (χ3n) is 7.34. The molecule has 1 aliphatic rings. The van der Waals surface area contributed by atoms with Crippen molar-refractivity contribution in [1.29, 1.82) is 0 Å². The van der Waals surface area contributed by atoms with Crippen LogP contribution in [-0.2, 0) is 32.6 Å². The van der Waals surface area contributed by atoms with Crippen molar-refractivity contribution in [3.05, 3.63) is 100 Å². The number of sulfonamides is 1. The number of hydrogen-bond donors (Lipinski definition) is 1. The summed E-state index contributed by atoms with van der Waals surface area (Å²) in [6, 6.07) is 22.0. The Balaban J connectivity index is 1.75. The lowest BCUT2D eigenvalue weighted by molar-refractivity contribution is -0.140. The smallest absolute Gasteiger partial charge is 0.244 e. The van der Waals surface area contributed by atoms with Gasteiger partial charge in [-0.15, -0.1) is 0 Å². The van der Waals surface area contributed by atoms with E-state index in [9.17, 15) is 18.0 Å². The third-order valence-corrected chi connectivity index (χ3v) is 9.18. The van der Waals surface area contributed by atoms with Crippen molar-refractivity contribution in [3.63, 3.8) is 0 Å². The summed E-state index contributed by atoms with van der Waals surface area (Å²) in [7, 11) is -3.83. The van der Waals surface area contributed by atoms with Crippen LogP contribution in [0.2, 0.25) is 10.0 Å². The number of nitrogens with zero attached hydrogens (tertiary/aromatic N) is 2. The lowest BCUT2D eigenvalue weighted by Gasteiger charge is -2.35. The molecule has 0 unspecified atom stereocenters. The predicted octanol–water partition coefficient (Wildman–Crippen LogP) is 5.85. The molecule has 1 aliphatic carbocycles. The molecule has 1 atom stereocenters. The normalized spacial score (nSPS) is 14.7. The number of rotatable bonds is 11. The molecule has 10 heteroatoms. The Morgan fingerprint density at radius 2 is 1.46 bits per heavy atom. The fraction of sp³-hybridized carbons (Fsp3) is 0.355. The van der Waals surface area contributed by atoms with E-state index in [-0.39, 0.29) is 24.9 Å². The number of carbonyl (C=O) groups excluding carboxylic acids is 2. The molecule has 1 fully saturated rings. The molecule has 3 aromatic carbocycles. The van der Waals surface area contributed by atoms with Gasteiger partial charge in [0.25, 0.3) is 0 Å². The van der Waals surface area contributed by atoms with Crippen molar-refractivity contribution in [2.75, 3.05) is 17.1 Å². The largest absolute Gasteiger partial charge is 0.352 e. The molecule has 0 aromatic heterocycles. The second-order valence-corrected chi connectivity index (χ2v) is 13.1. The fourth-order valence-electron chi connectivity index (χ4n) is 5.16. The Morgan fingerprint density at radius 1 is 0.878 bits per heavy atom. The first kappa shape index (κ1) is 30.9. The van der Waals surface area contributed by atoms with Crippen LogP contribution in [0.5, 0.6) is 0 Å². The molecule has 0 radical (unpaired) electrons. The average molecular weight is 617 g/mol. The summed E-state index contributed by atoms with van der Waals surface area (Å²) in [5, 5.41) is 3.88. The summed E-state index contributed by atoms with van der Waals surface area (Å²) in [6.07, 6.45) is 6.25. The van der Waals surface area contributed by atoms with Gasteiger partial charge >= 0.3 is 0 Å². The van der Waals surface area contributed by atoms with Gasteiger partial charge in [-0.1, -0.05) is 97.1 Å². The number of para-hydroxylation sites is 1. The zero-order valence-electron chi connectivity index (χ0n) is 23.0. The minimum absolute atomic E-state index is 0.0206. The standard InChI is InChI=1S/C31H35Cl2N3O4S/c1-41(39,40)36(25-16-9-4-10-17-25)22-30(37)35(21-26-27(32)18-11-19-28(26)33)29(20-23-12-5-2-6-13-23)31(38)34-24-14-7-3-8-15-24/h2,4-6,9-13,16-19,24,29H,3,7-8,14-15,20-22H2,1H3,(H,34,38)/t29-/m0/s1. The molecule has 41 heavy (non-hydrogen) atoms. The lowest BCUT2D eigenvalue weighted by atomic mass is 9.94. The fourth-order valence-corrected chi connectivity index (χ4v) is 6.53. The highest BCUT2D eigenvalue weighted by molar-refractivity contribution is 7.92. The minimum Gasteiger partial charge on any atom is -0.352 e. The topological polar surface area (TPSA) is 86.8 Å². The van der Waals surface area contributed by atoms with Gasteiger partial charge in [-0.2, -0.15) is 0 Å². The van der Waals surface area contributed by atoms with Gasteiger partial charge in [-0.25, -0.2) is 8.42 Å².